The van der Waals surface area contributed by atoms with Crippen LogP contribution in [0.4, 0.5) is 17.6 Å². The fourth-order valence-electron chi connectivity index (χ4n) is 2.17. The van der Waals surface area contributed by atoms with Gasteiger partial charge in [-0.3, -0.25) is 0 Å². The minimum Gasteiger partial charge on any atom is -0.309 e. The van der Waals surface area contributed by atoms with Gasteiger partial charge in [-0.1, -0.05) is 17.7 Å². The second-order valence-corrected chi connectivity index (χ2v) is 4.53. The molecule has 1 atom stereocenters. The summed E-state index contributed by atoms with van der Waals surface area (Å²) < 4.78 is 54.5. The van der Waals surface area contributed by atoms with Crippen LogP contribution >= 0.6 is 0 Å². The number of aryl methyl sites for hydroxylation is 1. The van der Waals surface area contributed by atoms with E-state index in [2.05, 4.69) is 5.32 Å². The molecule has 0 amide bonds. The number of hydrogen-bond donors (Lipinski definition) is 1. The van der Waals surface area contributed by atoms with Gasteiger partial charge < -0.3 is 5.32 Å². The summed E-state index contributed by atoms with van der Waals surface area (Å²) in [6.07, 6.45) is 0. The summed E-state index contributed by atoms with van der Waals surface area (Å²) >= 11 is 0. The van der Waals surface area contributed by atoms with Crippen molar-refractivity contribution in [3.05, 3.63) is 70.3 Å². The van der Waals surface area contributed by atoms with Gasteiger partial charge in [0.25, 0.3) is 0 Å². The molecule has 0 radical (unpaired) electrons. The van der Waals surface area contributed by atoms with E-state index in [1.54, 1.807) is 13.0 Å². The molecule has 0 saturated heterocycles. The first-order valence-electron chi connectivity index (χ1n) is 6.01. The van der Waals surface area contributed by atoms with Crippen LogP contribution < -0.4 is 5.32 Å². The molecule has 0 spiro atoms. The van der Waals surface area contributed by atoms with Crippen molar-refractivity contribution in [2.75, 3.05) is 7.05 Å². The third kappa shape index (κ3) is 2.67. The number of hydrogen-bond acceptors (Lipinski definition) is 1. The fraction of sp³-hybridized carbons (Fsp3) is 0.200. The molecule has 0 aliphatic carbocycles. The van der Waals surface area contributed by atoms with Gasteiger partial charge in [-0.25, -0.2) is 17.6 Å². The molecule has 1 unspecified atom stereocenters. The quantitative estimate of drug-likeness (QED) is 0.843. The molecule has 1 nitrogen and oxygen atoms in total. The Kier molecular flexibility index (Phi) is 4.09. The van der Waals surface area contributed by atoms with Gasteiger partial charge in [0, 0.05) is 23.3 Å². The predicted molar refractivity (Wildman–Crippen MR) is 68.4 cm³/mol. The Morgan fingerprint density at radius 3 is 2.05 bits per heavy atom. The molecule has 0 aliphatic rings. The Balaban J connectivity index is 2.61. The third-order valence-corrected chi connectivity index (χ3v) is 3.08. The Bertz CT molecular complexity index is 617. The van der Waals surface area contributed by atoms with Gasteiger partial charge >= 0.3 is 0 Å². The summed E-state index contributed by atoms with van der Waals surface area (Å²) in [7, 11) is 1.45. The van der Waals surface area contributed by atoms with Gasteiger partial charge in [0.05, 0.1) is 6.04 Å². The largest absolute Gasteiger partial charge is 0.309 e. The van der Waals surface area contributed by atoms with Crippen molar-refractivity contribution >= 4 is 0 Å². The van der Waals surface area contributed by atoms with E-state index in [-0.39, 0.29) is 5.56 Å². The molecule has 20 heavy (non-hydrogen) atoms. The minimum absolute atomic E-state index is 0.108. The maximum absolute atomic E-state index is 13.9. The first kappa shape index (κ1) is 14.5. The Hall–Kier alpha value is -1.88. The van der Waals surface area contributed by atoms with E-state index < -0.39 is 34.9 Å². The first-order valence-corrected chi connectivity index (χ1v) is 6.01. The van der Waals surface area contributed by atoms with Crippen LogP contribution in [0.25, 0.3) is 0 Å². The van der Waals surface area contributed by atoms with Gasteiger partial charge in [-0.2, -0.15) is 0 Å². The summed E-state index contributed by atoms with van der Waals surface area (Å²) in [6.45, 7) is 1.74. The standard InChI is InChI=1S/C15H13F4N/c1-8-3-4-11(17)10(5-8)15(20-2)14-12(18)6-9(16)7-13(14)19/h3-7,15,20H,1-2H3. The van der Waals surface area contributed by atoms with Crippen LogP contribution in [-0.2, 0) is 0 Å². The van der Waals surface area contributed by atoms with E-state index in [1.165, 1.54) is 19.2 Å². The highest BCUT2D eigenvalue weighted by Crippen LogP contribution is 2.29. The highest BCUT2D eigenvalue weighted by Gasteiger charge is 2.24. The number of nitrogens with one attached hydrogen (secondary N) is 1. The summed E-state index contributed by atoms with van der Waals surface area (Å²) in [4.78, 5) is 0. The van der Waals surface area contributed by atoms with Gasteiger partial charge in [0.2, 0.25) is 0 Å². The normalized spacial score (nSPS) is 12.5. The molecule has 0 aliphatic heterocycles. The number of benzene rings is 2. The maximum Gasteiger partial charge on any atom is 0.134 e. The van der Waals surface area contributed by atoms with Crippen LogP contribution in [0.3, 0.4) is 0 Å². The smallest absolute Gasteiger partial charge is 0.134 e. The monoisotopic (exact) mass is 283 g/mol. The number of rotatable bonds is 3. The lowest BCUT2D eigenvalue weighted by molar-refractivity contribution is 0.491. The van der Waals surface area contributed by atoms with Crippen LogP contribution in [0.2, 0.25) is 0 Å². The van der Waals surface area contributed by atoms with E-state index in [9.17, 15) is 17.6 Å². The molecule has 1 N–H and O–H groups in total. The van der Waals surface area contributed by atoms with Crippen LogP contribution in [0.1, 0.15) is 22.7 Å². The zero-order valence-electron chi connectivity index (χ0n) is 11.0. The Morgan fingerprint density at radius 2 is 1.50 bits per heavy atom. The average Bonchev–Trinajstić information content (AvgIpc) is 2.37. The molecule has 0 aromatic heterocycles. The summed E-state index contributed by atoms with van der Waals surface area (Å²) in [6, 6.07) is 4.42. The maximum atomic E-state index is 13.9. The van der Waals surface area contributed by atoms with E-state index in [4.69, 9.17) is 0 Å². The van der Waals surface area contributed by atoms with Crippen molar-refractivity contribution in [1.29, 1.82) is 0 Å². The second-order valence-electron chi connectivity index (χ2n) is 4.53. The number of halogens is 4. The molecule has 106 valence electrons. The van der Waals surface area contributed by atoms with Crippen molar-refractivity contribution in [1.82, 2.24) is 5.32 Å². The summed E-state index contributed by atoms with van der Waals surface area (Å²) in [5.41, 5.74) is 0.458. The van der Waals surface area contributed by atoms with Crippen molar-refractivity contribution in [2.45, 2.75) is 13.0 Å². The zero-order chi connectivity index (χ0) is 14.9. The van der Waals surface area contributed by atoms with E-state index in [0.29, 0.717) is 12.1 Å². The van der Waals surface area contributed by atoms with Gasteiger partial charge in [0.1, 0.15) is 23.3 Å². The van der Waals surface area contributed by atoms with E-state index in [0.717, 1.165) is 5.56 Å². The molecular formula is C15H13F4N. The molecule has 0 fully saturated rings. The molecule has 2 aromatic carbocycles. The van der Waals surface area contributed by atoms with Crippen molar-refractivity contribution in [3.63, 3.8) is 0 Å². The summed E-state index contributed by atoms with van der Waals surface area (Å²) in [5, 5.41) is 2.66. The van der Waals surface area contributed by atoms with Crippen molar-refractivity contribution in [2.24, 2.45) is 0 Å². The topological polar surface area (TPSA) is 12.0 Å². The van der Waals surface area contributed by atoms with Gasteiger partial charge in [-0.15, -0.1) is 0 Å². The lowest BCUT2D eigenvalue weighted by Gasteiger charge is -2.19. The molecule has 0 heterocycles. The highest BCUT2D eigenvalue weighted by atomic mass is 19.1. The van der Waals surface area contributed by atoms with E-state index >= 15 is 0 Å². The van der Waals surface area contributed by atoms with Crippen molar-refractivity contribution in [3.8, 4) is 0 Å². The van der Waals surface area contributed by atoms with Gasteiger partial charge in [0.15, 0.2) is 0 Å². The van der Waals surface area contributed by atoms with Crippen LogP contribution in [0.5, 0.6) is 0 Å². The minimum atomic E-state index is -1.05. The SMILES string of the molecule is CNC(c1cc(C)ccc1F)c1c(F)cc(F)cc1F. The first-order chi connectivity index (χ1) is 9.43. The third-order valence-electron chi connectivity index (χ3n) is 3.08. The molecule has 0 bridgehead atoms. The Labute approximate surface area is 114 Å². The highest BCUT2D eigenvalue weighted by molar-refractivity contribution is 5.36. The lowest BCUT2D eigenvalue weighted by Crippen LogP contribution is -2.22. The van der Waals surface area contributed by atoms with Crippen LogP contribution in [0, 0.1) is 30.2 Å². The predicted octanol–water partition coefficient (Wildman–Crippen LogP) is 3.86. The lowest BCUT2D eigenvalue weighted by atomic mass is 9.96. The fourth-order valence-corrected chi connectivity index (χ4v) is 2.17. The molecular weight excluding hydrogens is 270 g/mol. The molecule has 5 heteroatoms. The Morgan fingerprint density at radius 1 is 0.900 bits per heavy atom. The molecule has 2 rings (SSSR count). The van der Waals surface area contributed by atoms with E-state index in [1.807, 2.05) is 0 Å². The average molecular weight is 283 g/mol. The second kappa shape index (κ2) is 5.63. The molecule has 2 aromatic rings. The summed E-state index contributed by atoms with van der Waals surface area (Å²) in [5.74, 6) is -3.70. The van der Waals surface area contributed by atoms with Crippen LogP contribution in [-0.4, -0.2) is 7.05 Å². The zero-order valence-corrected chi connectivity index (χ0v) is 11.0. The van der Waals surface area contributed by atoms with Crippen LogP contribution in [0.15, 0.2) is 30.3 Å². The van der Waals surface area contributed by atoms with Gasteiger partial charge in [-0.05, 0) is 20.0 Å². The van der Waals surface area contributed by atoms with Crippen molar-refractivity contribution < 1.29 is 17.6 Å². The molecule has 0 saturated carbocycles.